The van der Waals surface area contributed by atoms with E-state index in [2.05, 4.69) is 24.5 Å². The molecule has 0 aromatic heterocycles. The third kappa shape index (κ3) is 2.41. The fourth-order valence-corrected chi connectivity index (χ4v) is 3.07. The van der Waals surface area contributed by atoms with Crippen molar-refractivity contribution >= 4 is 0 Å². The van der Waals surface area contributed by atoms with Crippen LogP contribution in [0.4, 0.5) is 0 Å². The summed E-state index contributed by atoms with van der Waals surface area (Å²) in [5.41, 5.74) is 0.303. The van der Waals surface area contributed by atoms with Gasteiger partial charge in [-0.15, -0.1) is 0 Å². The van der Waals surface area contributed by atoms with E-state index in [1.165, 1.54) is 32.2 Å². The van der Waals surface area contributed by atoms with Crippen LogP contribution < -0.4 is 10.6 Å². The van der Waals surface area contributed by atoms with Crippen LogP contribution in [0, 0.1) is 5.41 Å². The highest BCUT2D eigenvalue weighted by molar-refractivity contribution is 5.02. The van der Waals surface area contributed by atoms with Crippen molar-refractivity contribution in [3.8, 4) is 0 Å². The second-order valence-corrected chi connectivity index (χ2v) is 5.87. The first-order valence-corrected chi connectivity index (χ1v) is 6.64. The van der Waals surface area contributed by atoms with Gasteiger partial charge in [-0.05, 0) is 38.8 Å². The molecule has 3 atom stereocenters. The van der Waals surface area contributed by atoms with E-state index in [0.717, 1.165) is 12.6 Å². The van der Waals surface area contributed by atoms with E-state index >= 15 is 0 Å². The minimum absolute atomic E-state index is 0.303. The van der Waals surface area contributed by atoms with E-state index in [4.69, 9.17) is 4.74 Å². The SMILES string of the molecule is COC1CC(NCCC2CCCN2)C1(C)C. The summed E-state index contributed by atoms with van der Waals surface area (Å²) in [5, 5.41) is 7.22. The van der Waals surface area contributed by atoms with Gasteiger partial charge in [0, 0.05) is 24.6 Å². The van der Waals surface area contributed by atoms with Crippen LogP contribution in [-0.4, -0.2) is 38.4 Å². The quantitative estimate of drug-likeness (QED) is 0.746. The summed E-state index contributed by atoms with van der Waals surface area (Å²) in [4.78, 5) is 0. The molecule has 3 heteroatoms. The van der Waals surface area contributed by atoms with Crippen LogP contribution in [0.5, 0.6) is 0 Å². The highest BCUT2D eigenvalue weighted by atomic mass is 16.5. The van der Waals surface area contributed by atoms with E-state index in [0.29, 0.717) is 17.6 Å². The zero-order valence-electron chi connectivity index (χ0n) is 10.9. The largest absolute Gasteiger partial charge is 0.381 e. The van der Waals surface area contributed by atoms with Gasteiger partial charge in [0.2, 0.25) is 0 Å². The maximum absolute atomic E-state index is 5.46. The molecular weight excluding hydrogens is 200 g/mol. The normalized spacial score (nSPS) is 37.3. The van der Waals surface area contributed by atoms with E-state index in [-0.39, 0.29) is 0 Å². The lowest BCUT2D eigenvalue weighted by atomic mass is 9.64. The summed E-state index contributed by atoms with van der Waals surface area (Å²) in [5.74, 6) is 0. The van der Waals surface area contributed by atoms with E-state index < -0.39 is 0 Å². The molecule has 0 aromatic rings. The molecule has 0 radical (unpaired) electrons. The van der Waals surface area contributed by atoms with E-state index in [9.17, 15) is 0 Å². The Kier molecular flexibility index (Phi) is 3.88. The Hall–Kier alpha value is -0.120. The van der Waals surface area contributed by atoms with Crippen LogP contribution in [0.2, 0.25) is 0 Å². The van der Waals surface area contributed by atoms with Crippen LogP contribution in [0.25, 0.3) is 0 Å². The van der Waals surface area contributed by atoms with Gasteiger partial charge in [0.05, 0.1) is 6.10 Å². The molecule has 0 spiro atoms. The Morgan fingerprint density at radius 2 is 2.25 bits per heavy atom. The molecule has 1 aliphatic carbocycles. The second-order valence-electron chi connectivity index (χ2n) is 5.87. The molecule has 2 aliphatic rings. The molecular formula is C13H26N2O. The fraction of sp³-hybridized carbons (Fsp3) is 1.00. The van der Waals surface area contributed by atoms with Gasteiger partial charge >= 0.3 is 0 Å². The van der Waals surface area contributed by atoms with Gasteiger partial charge in [0.15, 0.2) is 0 Å². The molecule has 94 valence electrons. The minimum atomic E-state index is 0.303. The summed E-state index contributed by atoms with van der Waals surface area (Å²) in [6, 6.07) is 1.40. The Morgan fingerprint density at radius 1 is 1.44 bits per heavy atom. The topological polar surface area (TPSA) is 33.3 Å². The van der Waals surface area contributed by atoms with Gasteiger partial charge in [-0.25, -0.2) is 0 Å². The first-order chi connectivity index (χ1) is 7.64. The predicted molar refractivity (Wildman–Crippen MR) is 66.6 cm³/mol. The summed E-state index contributed by atoms with van der Waals surface area (Å²) in [7, 11) is 1.82. The molecule has 2 N–H and O–H groups in total. The van der Waals surface area contributed by atoms with Crippen molar-refractivity contribution in [1.29, 1.82) is 0 Å². The Balaban J connectivity index is 1.64. The summed E-state index contributed by atoms with van der Waals surface area (Å²) >= 11 is 0. The summed E-state index contributed by atoms with van der Waals surface area (Å²) in [6.45, 7) is 6.96. The lowest BCUT2D eigenvalue weighted by molar-refractivity contribution is -0.0973. The standard InChI is InChI=1S/C13H26N2O/c1-13(2)11(9-12(13)16-3)15-8-6-10-5-4-7-14-10/h10-12,14-15H,4-9H2,1-3H3. The molecule has 2 rings (SSSR count). The fourth-order valence-electron chi connectivity index (χ4n) is 3.07. The number of methoxy groups -OCH3 is 1. The third-order valence-electron chi connectivity index (χ3n) is 4.51. The van der Waals surface area contributed by atoms with Crippen molar-refractivity contribution in [3.05, 3.63) is 0 Å². The Morgan fingerprint density at radius 3 is 2.81 bits per heavy atom. The van der Waals surface area contributed by atoms with Crippen molar-refractivity contribution in [2.75, 3.05) is 20.2 Å². The molecule has 0 aromatic carbocycles. The second kappa shape index (κ2) is 5.03. The van der Waals surface area contributed by atoms with Crippen LogP contribution in [-0.2, 0) is 4.74 Å². The Labute approximate surface area is 99.3 Å². The maximum atomic E-state index is 5.46. The van der Waals surface area contributed by atoms with E-state index in [1.54, 1.807) is 0 Å². The van der Waals surface area contributed by atoms with Crippen molar-refractivity contribution in [2.45, 2.75) is 57.7 Å². The maximum Gasteiger partial charge on any atom is 0.0652 e. The Bertz CT molecular complexity index is 224. The first-order valence-electron chi connectivity index (χ1n) is 6.64. The van der Waals surface area contributed by atoms with Crippen LogP contribution >= 0.6 is 0 Å². The monoisotopic (exact) mass is 226 g/mol. The van der Waals surface area contributed by atoms with Gasteiger partial charge < -0.3 is 15.4 Å². The zero-order valence-corrected chi connectivity index (χ0v) is 10.9. The number of rotatable bonds is 5. The smallest absolute Gasteiger partial charge is 0.0652 e. The molecule has 0 amide bonds. The zero-order chi connectivity index (χ0) is 11.6. The highest BCUT2D eigenvalue weighted by Crippen LogP contribution is 2.42. The molecule has 3 unspecified atom stereocenters. The molecule has 1 aliphatic heterocycles. The van der Waals surface area contributed by atoms with Crippen LogP contribution in [0.1, 0.15) is 39.5 Å². The van der Waals surface area contributed by atoms with Gasteiger partial charge in [0.1, 0.15) is 0 Å². The molecule has 1 saturated heterocycles. The van der Waals surface area contributed by atoms with Crippen molar-refractivity contribution in [1.82, 2.24) is 10.6 Å². The van der Waals surface area contributed by atoms with Gasteiger partial charge in [0.25, 0.3) is 0 Å². The molecule has 1 saturated carbocycles. The van der Waals surface area contributed by atoms with Crippen molar-refractivity contribution in [3.63, 3.8) is 0 Å². The third-order valence-corrected chi connectivity index (χ3v) is 4.51. The highest BCUT2D eigenvalue weighted by Gasteiger charge is 2.48. The summed E-state index contributed by atoms with van der Waals surface area (Å²) < 4.78 is 5.46. The lowest BCUT2D eigenvalue weighted by Crippen LogP contribution is -2.60. The average molecular weight is 226 g/mol. The molecule has 0 bridgehead atoms. The molecule has 1 heterocycles. The number of ether oxygens (including phenoxy) is 1. The lowest BCUT2D eigenvalue weighted by Gasteiger charge is -2.51. The predicted octanol–water partition coefficient (Wildman–Crippen LogP) is 1.53. The van der Waals surface area contributed by atoms with Crippen molar-refractivity contribution < 1.29 is 4.74 Å². The van der Waals surface area contributed by atoms with Gasteiger partial charge in [-0.1, -0.05) is 13.8 Å². The number of nitrogens with one attached hydrogen (secondary N) is 2. The number of hydrogen-bond acceptors (Lipinski definition) is 3. The van der Waals surface area contributed by atoms with Gasteiger partial charge in [-0.3, -0.25) is 0 Å². The minimum Gasteiger partial charge on any atom is -0.381 e. The van der Waals surface area contributed by atoms with Crippen LogP contribution in [0.15, 0.2) is 0 Å². The summed E-state index contributed by atoms with van der Waals surface area (Å²) in [6.07, 6.45) is 5.59. The number of hydrogen-bond donors (Lipinski definition) is 2. The van der Waals surface area contributed by atoms with Crippen molar-refractivity contribution in [2.24, 2.45) is 5.41 Å². The molecule has 16 heavy (non-hydrogen) atoms. The molecule has 3 nitrogen and oxygen atoms in total. The average Bonchev–Trinajstić information content (AvgIpc) is 2.75. The van der Waals surface area contributed by atoms with E-state index in [1.807, 2.05) is 7.11 Å². The first kappa shape index (κ1) is 12.3. The van der Waals surface area contributed by atoms with Crippen LogP contribution in [0.3, 0.4) is 0 Å². The van der Waals surface area contributed by atoms with Gasteiger partial charge in [-0.2, -0.15) is 0 Å². The molecule has 2 fully saturated rings.